The Labute approximate surface area is 276 Å². The number of ether oxygens (including phenoxy) is 1. The molecule has 4 fully saturated rings. The number of aromatic nitrogens is 1. The third kappa shape index (κ3) is 4.40. The normalized spacial score (nSPS) is 21.7. The maximum atomic E-state index is 14.7. The summed E-state index contributed by atoms with van der Waals surface area (Å²) in [6.45, 7) is 7.48. The SMILES string of the molecule is C=CC(=O)N1CC[C@@H]2[C@H]1CN2c1c(C#N)c(OCC23CCCN2CCC3)nc2cc(-c3cccc4ccc(F)c(Cl)c34)c(Cl)cc12. The fourth-order valence-electron chi connectivity index (χ4n) is 8.42. The van der Waals surface area contributed by atoms with E-state index in [9.17, 15) is 14.4 Å². The number of anilines is 1. The third-order valence-electron chi connectivity index (χ3n) is 10.7. The van der Waals surface area contributed by atoms with Gasteiger partial charge in [-0.25, -0.2) is 9.37 Å². The van der Waals surface area contributed by atoms with E-state index in [2.05, 4.69) is 22.4 Å². The van der Waals surface area contributed by atoms with Crippen LogP contribution in [-0.2, 0) is 4.79 Å². The molecule has 0 bridgehead atoms. The van der Waals surface area contributed by atoms with Gasteiger partial charge >= 0.3 is 0 Å². The molecule has 4 aromatic rings. The molecule has 1 aromatic heterocycles. The summed E-state index contributed by atoms with van der Waals surface area (Å²) in [5.74, 6) is -0.284. The molecular weight excluding hydrogens is 624 g/mol. The molecule has 7 nitrogen and oxygen atoms in total. The number of rotatable bonds is 6. The molecule has 5 heterocycles. The Hall–Kier alpha value is -3.90. The fraction of sp³-hybridized carbons (Fsp3) is 0.361. The first-order valence-corrected chi connectivity index (χ1v) is 16.6. The first-order valence-electron chi connectivity index (χ1n) is 15.9. The molecule has 0 aliphatic carbocycles. The molecule has 0 unspecified atom stereocenters. The standard InChI is InChI=1S/C36H32Cl2FN5O2/c1-2-31(45)43-15-10-29-30(43)19-44(29)34-24-16-26(37)23(22-7-3-6-21-8-9-27(39)33(38)32(21)22)17-28(24)41-35(25(34)18-40)46-20-36-11-4-13-42(36)14-5-12-36/h2-3,6-9,16-17,29-30H,1,4-5,10-15,19-20H2/t29-,30-/m1/s1. The Balaban J connectivity index is 1.28. The molecule has 8 rings (SSSR count). The van der Waals surface area contributed by atoms with Crippen molar-refractivity contribution in [1.29, 1.82) is 5.26 Å². The third-order valence-corrected chi connectivity index (χ3v) is 11.4. The van der Waals surface area contributed by atoms with Gasteiger partial charge in [-0.2, -0.15) is 5.26 Å². The molecule has 2 atom stereocenters. The van der Waals surface area contributed by atoms with Gasteiger partial charge < -0.3 is 14.5 Å². The molecule has 10 heteroatoms. The molecular formula is C36H32Cl2FN5O2. The minimum atomic E-state index is -0.506. The van der Waals surface area contributed by atoms with Crippen molar-refractivity contribution in [3.05, 3.63) is 76.5 Å². The fourth-order valence-corrected chi connectivity index (χ4v) is 8.96. The number of nitriles is 1. The van der Waals surface area contributed by atoms with Gasteiger partial charge in [-0.15, -0.1) is 0 Å². The van der Waals surface area contributed by atoms with Crippen LogP contribution in [0.15, 0.2) is 55.1 Å². The predicted molar refractivity (Wildman–Crippen MR) is 179 cm³/mol. The summed E-state index contributed by atoms with van der Waals surface area (Å²) in [6, 6.07) is 15.0. The minimum Gasteiger partial charge on any atom is -0.475 e. The van der Waals surface area contributed by atoms with Crippen LogP contribution in [0.3, 0.4) is 0 Å². The smallest absolute Gasteiger partial charge is 0.246 e. The second-order valence-corrected chi connectivity index (χ2v) is 13.7. The highest BCUT2D eigenvalue weighted by Crippen LogP contribution is 2.47. The van der Waals surface area contributed by atoms with E-state index < -0.39 is 5.82 Å². The minimum absolute atomic E-state index is 0.0304. The molecule has 1 amide bonds. The highest BCUT2D eigenvalue weighted by atomic mass is 35.5. The van der Waals surface area contributed by atoms with Crippen molar-refractivity contribution in [2.24, 2.45) is 0 Å². The topological polar surface area (TPSA) is 72.7 Å². The Bertz CT molecular complexity index is 1980. The van der Waals surface area contributed by atoms with Crippen LogP contribution in [0, 0.1) is 17.1 Å². The number of hydrogen-bond donors (Lipinski definition) is 0. The van der Waals surface area contributed by atoms with Crippen molar-refractivity contribution >= 4 is 56.5 Å². The van der Waals surface area contributed by atoms with Crippen LogP contribution >= 0.6 is 23.2 Å². The van der Waals surface area contributed by atoms with Crippen LogP contribution in [0.5, 0.6) is 5.88 Å². The molecule has 4 saturated heterocycles. The zero-order valence-electron chi connectivity index (χ0n) is 25.2. The number of benzene rings is 3. The summed E-state index contributed by atoms with van der Waals surface area (Å²) >= 11 is 13.6. The van der Waals surface area contributed by atoms with Gasteiger partial charge in [-0.1, -0.05) is 54.0 Å². The molecule has 0 spiro atoms. The zero-order valence-corrected chi connectivity index (χ0v) is 26.7. The Morgan fingerprint density at radius 3 is 2.70 bits per heavy atom. The molecule has 3 aromatic carbocycles. The van der Waals surface area contributed by atoms with Crippen molar-refractivity contribution in [1.82, 2.24) is 14.8 Å². The second-order valence-electron chi connectivity index (χ2n) is 12.9. The van der Waals surface area contributed by atoms with E-state index in [0.29, 0.717) is 58.2 Å². The Morgan fingerprint density at radius 1 is 1.13 bits per heavy atom. The van der Waals surface area contributed by atoms with Crippen LogP contribution in [0.2, 0.25) is 10.0 Å². The summed E-state index contributed by atoms with van der Waals surface area (Å²) in [7, 11) is 0. The summed E-state index contributed by atoms with van der Waals surface area (Å²) in [6.07, 6.45) is 6.54. The lowest BCUT2D eigenvalue weighted by Crippen LogP contribution is -2.63. The average Bonchev–Trinajstić information content (AvgIpc) is 3.73. The highest BCUT2D eigenvalue weighted by Gasteiger charge is 2.50. The van der Waals surface area contributed by atoms with E-state index in [0.717, 1.165) is 61.7 Å². The van der Waals surface area contributed by atoms with Gasteiger partial charge in [0.25, 0.3) is 0 Å². The molecule has 4 aliphatic heterocycles. The first-order chi connectivity index (χ1) is 22.3. The summed E-state index contributed by atoms with van der Waals surface area (Å²) in [5, 5.41) is 13.2. The number of nitrogens with zero attached hydrogens (tertiary/aromatic N) is 5. The highest BCUT2D eigenvalue weighted by molar-refractivity contribution is 6.38. The number of carbonyl (C=O) groups is 1. The van der Waals surface area contributed by atoms with Crippen molar-refractivity contribution in [3.63, 3.8) is 0 Å². The first kappa shape index (κ1) is 29.5. The lowest BCUT2D eigenvalue weighted by Gasteiger charge is -2.48. The van der Waals surface area contributed by atoms with Crippen LogP contribution in [0.1, 0.15) is 37.7 Å². The summed E-state index contributed by atoms with van der Waals surface area (Å²) < 4.78 is 21.2. The predicted octanol–water partition coefficient (Wildman–Crippen LogP) is 7.36. The molecule has 0 N–H and O–H groups in total. The number of fused-ring (bicyclic) bond motifs is 4. The monoisotopic (exact) mass is 655 g/mol. The number of amides is 1. The van der Waals surface area contributed by atoms with Gasteiger partial charge in [0.2, 0.25) is 11.8 Å². The molecule has 0 saturated carbocycles. The van der Waals surface area contributed by atoms with Crippen molar-refractivity contribution in [3.8, 4) is 23.1 Å². The van der Waals surface area contributed by atoms with E-state index in [1.807, 2.05) is 35.2 Å². The average molecular weight is 657 g/mol. The van der Waals surface area contributed by atoms with Gasteiger partial charge in [0.05, 0.1) is 33.8 Å². The van der Waals surface area contributed by atoms with Crippen molar-refractivity contribution in [2.75, 3.05) is 37.7 Å². The number of pyridine rings is 1. The van der Waals surface area contributed by atoms with E-state index in [1.54, 1.807) is 6.07 Å². The van der Waals surface area contributed by atoms with Crippen LogP contribution in [-0.4, -0.2) is 71.1 Å². The van der Waals surface area contributed by atoms with Crippen LogP contribution in [0.25, 0.3) is 32.8 Å². The van der Waals surface area contributed by atoms with E-state index >= 15 is 0 Å². The summed E-state index contributed by atoms with van der Waals surface area (Å²) in [4.78, 5) is 24.1. The van der Waals surface area contributed by atoms with E-state index in [1.165, 1.54) is 12.1 Å². The van der Waals surface area contributed by atoms with E-state index in [-0.39, 0.29) is 28.6 Å². The number of hydrogen-bond acceptors (Lipinski definition) is 6. The van der Waals surface area contributed by atoms with Crippen molar-refractivity contribution in [2.45, 2.75) is 49.7 Å². The maximum Gasteiger partial charge on any atom is 0.246 e. The zero-order chi connectivity index (χ0) is 31.7. The number of carbonyl (C=O) groups excluding carboxylic acids is 1. The largest absolute Gasteiger partial charge is 0.475 e. The van der Waals surface area contributed by atoms with Crippen LogP contribution < -0.4 is 9.64 Å². The van der Waals surface area contributed by atoms with Crippen molar-refractivity contribution < 1.29 is 13.9 Å². The lowest BCUT2D eigenvalue weighted by molar-refractivity contribution is -0.127. The molecule has 234 valence electrons. The number of halogens is 3. The van der Waals surface area contributed by atoms with Crippen LogP contribution in [0.4, 0.5) is 10.1 Å². The maximum absolute atomic E-state index is 14.7. The lowest BCUT2D eigenvalue weighted by atomic mass is 9.92. The van der Waals surface area contributed by atoms with Gasteiger partial charge in [0, 0.05) is 34.4 Å². The molecule has 4 aliphatic rings. The quantitative estimate of drug-likeness (QED) is 0.202. The van der Waals surface area contributed by atoms with Gasteiger partial charge in [-0.05, 0) is 80.4 Å². The molecule has 0 radical (unpaired) electrons. The molecule has 46 heavy (non-hydrogen) atoms. The second kappa shape index (κ2) is 11.1. The van der Waals surface area contributed by atoms with Gasteiger partial charge in [0.15, 0.2) is 0 Å². The summed E-state index contributed by atoms with van der Waals surface area (Å²) in [5.41, 5.74) is 3.02. The Morgan fingerprint density at radius 2 is 1.93 bits per heavy atom. The number of likely N-dealkylation sites (tertiary alicyclic amines) is 1. The van der Waals surface area contributed by atoms with E-state index in [4.69, 9.17) is 32.9 Å². The van der Waals surface area contributed by atoms with Gasteiger partial charge in [-0.3, -0.25) is 9.69 Å². The van der Waals surface area contributed by atoms with Gasteiger partial charge in [0.1, 0.15) is 24.1 Å². The Kier molecular flexibility index (Phi) is 7.13.